The third kappa shape index (κ3) is 8.17. The Kier molecular flexibility index (Phi) is 11.4. The minimum Gasteiger partial charge on any atom is -0.380 e. The van der Waals surface area contributed by atoms with E-state index in [4.69, 9.17) is 4.74 Å². The van der Waals surface area contributed by atoms with Crippen LogP contribution in [0.25, 0.3) is 0 Å². The third-order valence-electron chi connectivity index (χ3n) is 4.18. The molecule has 0 rings (SSSR count). The highest BCUT2D eigenvalue weighted by molar-refractivity contribution is 5.79. The van der Waals surface area contributed by atoms with E-state index >= 15 is 0 Å². The van der Waals surface area contributed by atoms with Crippen LogP contribution in [-0.2, 0) is 9.53 Å². The van der Waals surface area contributed by atoms with Crippen LogP contribution in [-0.4, -0.2) is 25.2 Å². The molecule has 0 spiro atoms. The molecule has 1 N–H and O–H groups in total. The highest BCUT2D eigenvalue weighted by Crippen LogP contribution is 2.21. The number of allylic oxidation sites excluding steroid dienone is 4. The van der Waals surface area contributed by atoms with Crippen LogP contribution in [0.15, 0.2) is 36.5 Å². The van der Waals surface area contributed by atoms with Gasteiger partial charge in [0.05, 0.1) is 12.0 Å². The lowest BCUT2D eigenvalue weighted by atomic mass is 9.89. The van der Waals surface area contributed by atoms with Crippen LogP contribution in [0.5, 0.6) is 0 Å². The minimum atomic E-state index is -0.157. The molecule has 0 bridgehead atoms. The van der Waals surface area contributed by atoms with E-state index in [-0.39, 0.29) is 24.0 Å². The Morgan fingerprint density at radius 2 is 1.96 bits per heavy atom. The number of hydrogen-bond acceptors (Lipinski definition) is 2. The summed E-state index contributed by atoms with van der Waals surface area (Å²) in [6, 6.07) is 0.0680. The van der Waals surface area contributed by atoms with Crippen LogP contribution in [0, 0.1) is 11.8 Å². The van der Waals surface area contributed by atoms with Crippen molar-refractivity contribution in [3.05, 3.63) is 36.5 Å². The first-order valence-electron chi connectivity index (χ1n) is 8.68. The molecular weight excluding hydrogens is 286 g/mol. The van der Waals surface area contributed by atoms with Gasteiger partial charge in [0.15, 0.2) is 0 Å². The Bertz CT molecular complexity index is 412. The zero-order valence-electron chi connectivity index (χ0n) is 15.8. The smallest absolute Gasteiger partial charge is 0.225 e. The number of carbonyl (C=O) groups is 1. The predicted octanol–water partition coefficient (Wildman–Crippen LogP) is 4.66. The van der Waals surface area contributed by atoms with Crippen LogP contribution in [0.2, 0.25) is 0 Å². The number of carbonyl (C=O) groups excluding carboxylic acids is 1. The van der Waals surface area contributed by atoms with Crippen LogP contribution < -0.4 is 5.32 Å². The molecule has 3 nitrogen and oxygen atoms in total. The summed E-state index contributed by atoms with van der Waals surface area (Å²) < 4.78 is 5.59. The average molecular weight is 322 g/mol. The molecule has 0 radical (unpaired) electrons. The van der Waals surface area contributed by atoms with Crippen LogP contribution in [0.3, 0.4) is 0 Å². The Labute approximate surface area is 142 Å². The van der Waals surface area contributed by atoms with Crippen molar-refractivity contribution in [3.8, 4) is 0 Å². The Morgan fingerprint density at radius 3 is 2.43 bits per heavy atom. The van der Waals surface area contributed by atoms with Gasteiger partial charge in [-0.15, -0.1) is 0 Å². The Balaban J connectivity index is 4.68. The topological polar surface area (TPSA) is 38.3 Å². The molecule has 0 aliphatic heterocycles. The van der Waals surface area contributed by atoms with Gasteiger partial charge >= 0.3 is 0 Å². The van der Waals surface area contributed by atoms with Crippen molar-refractivity contribution in [1.82, 2.24) is 5.32 Å². The standard InChI is InChI=1S/C20H35NO2/c1-8-11-13-18(10-3)14-16(5)21-20(22)17(6)19(23-7)15(4)12-9-2/h8,10-11,13,15-17,19H,3,9,12,14H2,1-2,4-7H3,(H,21,22)/b11-8-,18-13+/t15?,16-,17-,19?/m1/s1. The number of hydrogen-bond donors (Lipinski definition) is 1. The maximum absolute atomic E-state index is 12.5. The SMILES string of the molecule is C=C/C(=C\C=C/C)C[C@@H](C)NC(=O)[C@H](C)C(OC)C(C)CCC. The molecule has 0 heterocycles. The minimum absolute atomic E-state index is 0.0420. The van der Waals surface area contributed by atoms with E-state index in [0.29, 0.717) is 5.92 Å². The predicted molar refractivity (Wildman–Crippen MR) is 99.3 cm³/mol. The van der Waals surface area contributed by atoms with E-state index in [9.17, 15) is 4.79 Å². The van der Waals surface area contributed by atoms with E-state index in [1.54, 1.807) is 7.11 Å². The molecule has 23 heavy (non-hydrogen) atoms. The van der Waals surface area contributed by atoms with Crippen LogP contribution >= 0.6 is 0 Å². The quantitative estimate of drug-likeness (QED) is 0.562. The monoisotopic (exact) mass is 321 g/mol. The molecule has 0 saturated heterocycles. The molecule has 132 valence electrons. The first-order chi connectivity index (χ1) is 10.9. The van der Waals surface area contributed by atoms with Crippen molar-refractivity contribution in [2.75, 3.05) is 7.11 Å². The van der Waals surface area contributed by atoms with Gasteiger partial charge in [0, 0.05) is 13.2 Å². The lowest BCUT2D eigenvalue weighted by Gasteiger charge is -2.28. The van der Waals surface area contributed by atoms with Crippen molar-refractivity contribution in [1.29, 1.82) is 0 Å². The molecule has 0 aromatic heterocycles. The van der Waals surface area contributed by atoms with Gasteiger partial charge in [-0.1, -0.05) is 58.1 Å². The average Bonchev–Trinajstić information content (AvgIpc) is 2.52. The van der Waals surface area contributed by atoms with E-state index < -0.39 is 0 Å². The molecule has 2 unspecified atom stereocenters. The van der Waals surface area contributed by atoms with Gasteiger partial charge in [0.2, 0.25) is 5.91 Å². The fraction of sp³-hybridized carbons (Fsp3) is 0.650. The second-order valence-electron chi connectivity index (χ2n) is 6.34. The Hall–Kier alpha value is -1.35. The molecule has 0 aliphatic rings. The van der Waals surface area contributed by atoms with Gasteiger partial charge in [-0.25, -0.2) is 0 Å². The number of rotatable bonds is 11. The maximum Gasteiger partial charge on any atom is 0.225 e. The summed E-state index contributed by atoms with van der Waals surface area (Å²) in [5, 5.41) is 3.10. The van der Waals surface area contributed by atoms with Gasteiger partial charge in [-0.3, -0.25) is 4.79 Å². The Morgan fingerprint density at radius 1 is 1.30 bits per heavy atom. The lowest BCUT2D eigenvalue weighted by molar-refractivity contribution is -0.131. The van der Waals surface area contributed by atoms with Gasteiger partial charge < -0.3 is 10.1 Å². The highest BCUT2D eigenvalue weighted by Gasteiger charge is 2.28. The van der Waals surface area contributed by atoms with Crippen molar-refractivity contribution >= 4 is 5.91 Å². The third-order valence-corrected chi connectivity index (χ3v) is 4.18. The zero-order chi connectivity index (χ0) is 17.8. The molecule has 0 aliphatic carbocycles. The summed E-state index contributed by atoms with van der Waals surface area (Å²) in [6.45, 7) is 14.1. The summed E-state index contributed by atoms with van der Waals surface area (Å²) in [6.07, 6.45) is 10.7. The van der Waals surface area contributed by atoms with Gasteiger partial charge in [0.1, 0.15) is 0 Å². The van der Waals surface area contributed by atoms with Crippen molar-refractivity contribution in [2.45, 2.75) is 66.0 Å². The number of nitrogens with one attached hydrogen (secondary N) is 1. The normalized spacial score (nSPS) is 17.6. The summed E-state index contributed by atoms with van der Waals surface area (Å²) in [4.78, 5) is 12.5. The summed E-state index contributed by atoms with van der Waals surface area (Å²) in [5.41, 5.74) is 1.12. The molecule has 0 saturated carbocycles. The number of amides is 1. The molecule has 0 aromatic rings. The summed E-state index contributed by atoms with van der Waals surface area (Å²) in [5.74, 6) is 0.275. The van der Waals surface area contributed by atoms with E-state index in [1.165, 1.54) is 0 Å². The second-order valence-corrected chi connectivity index (χ2v) is 6.34. The van der Waals surface area contributed by atoms with Crippen LogP contribution in [0.4, 0.5) is 0 Å². The summed E-state index contributed by atoms with van der Waals surface area (Å²) >= 11 is 0. The number of methoxy groups -OCH3 is 1. The molecular formula is C20H35NO2. The van der Waals surface area contributed by atoms with E-state index in [0.717, 1.165) is 24.8 Å². The maximum atomic E-state index is 12.5. The van der Waals surface area contributed by atoms with Crippen molar-refractivity contribution < 1.29 is 9.53 Å². The molecule has 4 atom stereocenters. The zero-order valence-corrected chi connectivity index (χ0v) is 15.8. The second kappa shape index (κ2) is 12.1. The highest BCUT2D eigenvalue weighted by atomic mass is 16.5. The number of ether oxygens (including phenoxy) is 1. The molecule has 0 aromatic carbocycles. The first kappa shape index (κ1) is 21.6. The molecule has 0 fully saturated rings. The van der Waals surface area contributed by atoms with Gasteiger partial charge in [-0.05, 0) is 38.2 Å². The fourth-order valence-electron chi connectivity index (χ4n) is 2.92. The molecule has 3 heteroatoms. The lowest BCUT2D eigenvalue weighted by Crippen LogP contribution is -2.43. The van der Waals surface area contributed by atoms with E-state index in [2.05, 4.69) is 25.7 Å². The van der Waals surface area contributed by atoms with Gasteiger partial charge in [-0.2, -0.15) is 0 Å². The fourth-order valence-corrected chi connectivity index (χ4v) is 2.92. The van der Waals surface area contributed by atoms with Crippen LogP contribution in [0.1, 0.15) is 53.9 Å². The van der Waals surface area contributed by atoms with Crippen molar-refractivity contribution in [3.63, 3.8) is 0 Å². The largest absolute Gasteiger partial charge is 0.380 e. The summed E-state index contributed by atoms with van der Waals surface area (Å²) in [7, 11) is 1.69. The molecule has 1 amide bonds. The van der Waals surface area contributed by atoms with E-state index in [1.807, 2.05) is 45.1 Å². The van der Waals surface area contributed by atoms with Crippen molar-refractivity contribution in [2.24, 2.45) is 11.8 Å². The van der Waals surface area contributed by atoms with Gasteiger partial charge in [0.25, 0.3) is 0 Å². The first-order valence-corrected chi connectivity index (χ1v) is 8.68.